The Morgan fingerprint density at radius 3 is 2.17 bits per heavy atom. The standard InChI is InChI=1S/C18H19NO3S/c1-23(21,22)16-11-9-15(10-12-16)18(20)19-17(14-7-8-14)13-5-3-2-4-6-13/h2-6,9-12,14,17H,7-8H2,1H3,(H,19,20)/t17-/m0/s1. The van der Waals surface area contributed by atoms with E-state index in [2.05, 4.69) is 5.32 Å². The van der Waals surface area contributed by atoms with E-state index in [1.54, 1.807) is 12.1 Å². The van der Waals surface area contributed by atoms with Gasteiger partial charge in [-0.15, -0.1) is 0 Å². The molecule has 0 radical (unpaired) electrons. The fourth-order valence-corrected chi connectivity index (χ4v) is 3.27. The molecule has 0 saturated heterocycles. The average Bonchev–Trinajstić information content (AvgIpc) is 3.37. The van der Waals surface area contributed by atoms with Crippen LogP contribution in [0.15, 0.2) is 59.5 Å². The van der Waals surface area contributed by atoms with E-state index in [0.717, 1.165) is 24.7 Å². The molecule has 5 heteroatoms. The first kappa shape index (κ1) is 15.7. The maximum atomic E-state index is 12.5. The van der Waals surface area contributed by atoms with E-state index in [1.165, 1.54) is 12.1 Å². The largest absolute Gasteiger partial charge is 0.345 e. The van der Waals surface area contributed by atoms with E-state index < -0.39 is 9.84 Å². The van der Waals surface area contributed by atoms with Crippen molar-refractivity contribution in [1.82, 2.24) is 5.32 Å². The van der Waals surface area contributed by atoms with Crippen molar-refractivity contribution in [2.75, 3.05) is 6.26 Å². The first-order valence-corrected chi connectivity index (χ1v) is 9.50. The fourth-order valence-electron chi connectivity index (χ4n) is 2.64. The van der Waals surface area contributed by atoms with Gasteiger partial charge in [0.05, 0.1) is 10.9 Å². The van der Waals surface area contributed by atoms with Gasteiger partial charge in [0.1, 0.15) is 0 Å². The highest BCUT2D eigenvalue weighted by Crippen LogP contribution is 2.41. The van der Waals surface area contributed by atoms with E-state index in [1.807, 2.05) is 30.3 Å². The van der Waals surface area contributed by atoms with Crippen LogP contribution in [0.5, 0.6) is 0 Å². The molecule has 0 spiro atoms. The maximum absolute atomic E-state index is 12.5. The van der Waals surface area contributed by atoms with Crippen molar-refractivity contribution in [1.29, 1.82) is 0 Å². The van der Waals surface area contributed by atoms with Gasteiger partial charge in [-0.2, -0.15) is 0 Å². The number of sulfone groups is 1. The van der Waals surface area contributed by atoms with Crippen LogP contribution in [-0.4, -0.2) is 20.6 Å². The Kier molecular flexibility index (Phi) is 4.22. The highest BCUT2D eigenvalue weighted by molar-refractivity contribution is 7.90. The van der Waals surface area contributed by atoms with Crippen LogP contribution < -0.4 is 5.32 Å². The lowest BCUT2D eigenvalue weighted by molar-refractivity contribution is 0.0931. The van der Waals surface area contributed by atoms with E-state index in [4.69, 9.17) is 0 Å². The summed E-state index contributed by atoms with van der Waals surface area (Å²) >= 11 is 0. The molecule has 0 aromatic heterocycles. The summed E-state index contributed by atoms with van der Waals surface area (Å²) in [4.78, 5) is 12.7. The number of benzene rings is 2. The Balaban J connectivity index is 1.77. The maximum Gasteiger partial charge on any atom is 0.251 e. The van der Waals surface area contributed by atoms with Gasteiger partial charge in [0.25, 0.3) is 5.91 Å². The molecule has 1 N–H and O–H groups in total. The second kappa shape index (κ2) is 6.16. The smallest absolute Gasteiger partial charge is 0.251 e. The number of carbonyl (C=O) groups excluding carboxylic acids is 1. The van der Waals surface area contributed by atoms with Gasteiger partial charge in [-0.3, -0.25) is 4.79 Å². The Morgan fingerprint density at radius 2 is 1.65 bits per heavy atom. The van der Waals surface area contributed by atoms with Crippen LogP contribution in [0.2, 0.25) is 0 Å². The molecule has 1 fully saturated rings. The van der Waals surface area contributed by atoms with Crippen LogP contribution in [-0.2, 0) is 9.84 Å². The zero-order valence-corrected chi connectivity index (χ0v) is 13.7. The lowest BCUT2D eigenvalue weighted by Crippen LogP contribution is -2.29. The normalized spacial score (nSPS) is 15.9. The molecule has 1 aliphatic carbocycles. The second-order valence-corrected chi connectivity index (χ2v) is 8.01. The molecule has 3 rings (SSSR count). The lowest BCUT2D eigenvalue weighted by Gasteiger charge is -2.19. The average molecular weight is 329 g/mol. The molecular formula is C18H19NO3S. The van der Waals surface area contributed by atoms with Crippen LogP contribution in [0.25, 0.3) is 0 Å². The molecule has 4 nitrogen and oxygen atoms in total. The molecule has 0 bridgehead atoms. The van der Waals surface area contributed by atoms with Crippen LogP contribution in [0.1, 0.15) is 34.8 Å². The van der Waals surface area contributed by atoms with Gasteiger partial charge in [-0.25, -0.2) is 8.42 Å². The number of hydrogen-bond acceptors (Lipinski definition) is 3. The highest BCUT2D eigenvalue weighted by Gasteiger charge is 2.33. The number of amides is 1. The third kappa shape index (κ3) is 3.79. The summed E-state index contributed by atoms with van der Waals surface area (Å²) in [5.74, 6) is 0.308. The summed E-state index contributed by atoms with van der Waals surface area (Å²) in [5, 5.41) is 3.08. The summed E-state index contributed by atoms with van der Waals surface area (Å²) < 4.78 is 22.9. The van der Waals surface area contributed by atoms with Crippen molar-refractivity contribution in [2.24, 2.45) is 5.92 Å². The topological polar surface area (TPSA) is 63.2 Å². The minimum Gasteiger partial charge on any atom is -0.345 e. The molecular weight excluding hydrogens is 310 g/mol. The van der Waals surface area contributed by atoms with Gasteiger partial charge in [0.2, 0.25) is 0 Å². The predicted molar refractivity (Wildman–Crippen MR) is 88.9 cm³/mol. The van der Waals surface area contributed by atoms with E-state index in [0.29, 0.717) is 11.5 Å². The monoisotopic (exact) mass is 329 g/mol. The highest BCUT2D eigenvalue weighted by atomic mass is 32.2. The molecule has 0 unspecified atom stereocenters. The van der Waals surface area contributed by atoms with Crippen LogP contribution in [0.3, 0.4) is 0 Å². The summed E-state index contributed by atoms with van der Waals surface area (Å²) in [5.41, 5.74) is 1.58. The molecule has 120 valence electrons. The predicted octanol–water partition coefficient (Wildman–Crippen LogP) is 2.97. The van der Waals surface area contributed by atoms with Crippen molar-refractivity contribution >= 4 is 15.7 Å². The van der Waals surface area contributed by atoms with Crippen molar-refractivity contribution in [2.45, 2.75) is 23.8 Å². The van der Waals surface area contributed by atoms with E-state index in [9.17, 15) is 13.2 Å². The zero-order valence-electron chi connectivity index (χ0n) is 12.9. The Bertz CT molecular complexity index is 794. The number of rotatable bonds is 5. The van der Waals surface area contributed by atoms with Crippen molar-refractivity contribution in [3.05, 3.63) is 65.7 Å². The molecule has 1 saturated carbocycles. The summed E-state index contributed by atoms with van der Waals surface area (Å²) in [6, 6.07) is 16.0. The Labute approximate surface area is 136 Å². The van der Waals surface area contributed by atoms with Crippen molar-refractivity contribution in [3.8, 4) is 0 Å². The van der Waals surface area contributed by atoms with Gasteiger partial charge in [0.15, 0.2) is 9.84 Å². The first-order valence-electron chi connectivity index (χ1n) is 7.61. The quantitative estimate of drug-likeness (QED) is 0.917. The second-order valence-electron chi connectivity index (χ2n) is 6.00. The number of nitrogens with one attached hydrogen (secondary N) is 1. The lowest BCUT2D eigenvalue weighted by atomic mass is 10.0. The SMILES string of the molecule is CS(=O)(=O)c1ccc(C(=O)N[C@@H](c2ccccc2)C2CC2)cc1. The number of hydrogen-bond donors (Lipinski definition) is 1. The Morgan fingerprint density at radius 1 is 1.04 bits per heavy atom. The Hall–Kier alpha value is -2.14. The van der Waals surface area contributed by atoms with Gasteiger partial charge >= 0.3 is 0 Å². The third-order valence-electron chi connectivity index (χ3n) is 4.08. The minimum absolute atomic E-state index is 0.0123. The van der Waals surface area contributed by atoms with Crippen LogP contribution in [0.4, 0.5) is 0 Å². The summed E-state index contributed by atoms with van der Waals surface area (Å²) in [6.45, 7) is 0. The number of carbonyl (C=O) groups is 1. The molecule has 2 aromatic rings. The van der Waals surface area contributed by atoms with Gasteiger partial charge in [0, 0.05) is 11.8 Å². The minimum atomic E-state index is -3.25. The van der Waals surface area contributed by atoms with Crippen molar-refractivity contribution < 1.29 is 13.2 Å². The van der Waals surface area contributed by atoms with Crippen LogP contribution in [0, 0.1) is 5.92 Å². The molecule has 2 aromatic carbocycles. The molecule has 1 amide bonds. The molecule has 1 aliphatic rings. The summed E-state index contributed by atoms with van der Waals surface area (Å²) in [7, 11) is -3.25. The fraction of sp³-hybridized carbons (Fsp3) is 0.278. The van der Waals surface area contributed by atoms with Gasteiger partial charge in [-0.1, -0.05) is 30.3 Å². The van der Waals surface area contributed by atoms with Crippen molar-refractivity contribution in [3.63, 3.8) is 0 Å². The summed E-state index contributed by atoms with van der Waals surface area (Å²) in [6.07, 6.45) is 3.39. The first-order chi connectivity index (χ1) is 10.9. The van der Waals surface area contributed by atoms with Crippen LogP contribution >= 0.6 is 0 Å². The molecule has 0 aliphatic heterocycles. The van der Waals surface area contributed by atoms with E-state index >= 15 is 0 Å². The molecule has 0 heterocycles. The van der Waals surface area contributed by atoms with Gasteiger partial charge in [-0.05, 0) is 48.6 Å². The third-order valence-corrected chi connectivity index (χ3v) is 5.21. The van der Waals surface area contributed by atoms with Gasteiger partial charge < -0.3 is 5.32 Å². The molecule has 1 atom stereocenters. The zero-order chi connectivity index (χ0) is 16.4. The molecule has 23 heavy (non-hydrogen) atoms. The van der Waals surface area contributed by atoms with E-state index in [-0.39, 0.29) is 16.8 Å².